The average molecular weight is 467 g/mol. The number of carbonyl (C=O) groups is 4. The van der Waals surface area contributed by atoms with Crippen molar-refractivity contribution in [2.24, 2.45) is 11.1 Å². The Hall–Kier alpha value is -3.13. The van der Waals surface area contributed by atoms with E-state index in [1.807, 2.05) is 0 Å². The van der Waals surface area contributed by atoms with Crippen molar-refractivity contribution in [3.05, 3.63) is 22.8 Å². The number of anilines is 1. The highest BCUT2D eigenvalue weighted by Crippen LogP contribution is 2.38. The number of esters is 2. The highest BCUT2D eigenvalue weighted by atomic mass is 32.2. The van der Waals surface area contributed by atoms with Crippen molar-refractivity contribution in [2.45, 2.75) is 24.3 Å². The van der Waals surface area contributed by atoms with Crippen molar-refractivity contribution >= 4 is 57.7 Å². The lowest BCUT2D eigenvalue weighted by atomic mass is 10.0. The molecule has 2 fully saturated rings. The van der Waals surface area contributed by atoms with Gasteiger partial charge in [0, 0.05) is 11.1 Å². The lowest BCUT2D eigenvalue weighted by Gasteiger charge is -2.48. The van der Waals surface area contributed by atoms with E-state index in [2.05, 4.69) is 15.5 Å². The van der Waals surface area contributed by atoms with E-state index >= 15 is 0 Å². The molecule has 12 nitrogen and oxygen atoms in total. The second-order valence-corrected chi connectivity index (χ2v) is 8.82. The summed E-state index contributed by atoms with van der Waals surface area (Å²) in [6.45, 7) is -0.529. The number of hydrogen-bond donors (Lipinski definition) is 3. The van der Waals surface area contributed by atoms with E-state index < -0.39 is 42.0 Å². The fourth-order valence-electron chi connectivity index (χ4n) is 3.00. The second-order valence-electron chi connectivity index (χ2n) is 6.78. The van der Waals surface area contributed by atoms with Gasteiger partial charge in [-0.1, -0.05) is 5.16 Å². The number of nitrogens with zero attached hydrogens (tertiary/aromatic N) is 3. The molecule has 0 aromatic carbocycles. The van der Waals surface area contributed by atoms with E-state index in [4.69, 9.17) is 15.2 Å². The highest BCUT2D eigenvalue weighted by molar-refractivity contribution is 8.00. The first kappa shape index (κ1) is 21.1. The number of carbonyl (C=O) groups excluding carboxylic acids is 4. The fraction of sp³-hybridized carbons (Fsp3) is 0.412. The largest absolute Gasteiger partial charge is 0.428 e. The van der Waals surface area contributed by atoms with Crippen molar-refractivity contribution in [2.75, 3.05) is 18.3 Å². The number of amides is 2. The lowest BCUT2D eigenvalue weighted by molar-refractivity contribution is -0.168. The molecule has 1 unspecified atom stereocenters. The van der Waals surface area contributed by atoms with E-state index in [0.717, 1.165) is 24.2 Å². The molecule has 4 N–H and O–H groups in total. The Morgan fingerprint density at radius 1 is 1.35 bits per heavy atom. The molecular formula is C17H17N5O7S2. The maximum atomic E-state index is 12.6. The summed E-state index contributed by atoms with van der Waals surface area (Å²) in [4.78, 5) is 54.0. The summed E-state index contributed by atoms with van der Waals surface area (Å²) in [6, 6.07) is -0.936. The van der Waals surface area contributed by atoms with Gasteiger partial charge in [0.2, 0.25) is 6.79 Å². The van der Waals surface area contributed by atoms with Crippen LogP contribution >= 0.6 is 23.1 Å². The van der Waals surface area contributed by atoms with E-state index in [1.54, 1.807) is 0 Å². The molecule has 31 heavy (non-hydrogen) atoms. The van der Waals surface area contributed by atoms with Crippen LogP contribution in [-0.4, -0.2) is 68.5 Å². The summed E-state index contributed by atoms with van der Waals surface area (Å²) in [6.07, 6.45) is 3.07. The second kappa shape index (κ2) is 8.55. The molecule has 164 valence electrons. The van der Waals surface area contributed by atoms with Crippen LogP contribution in [0.5, 0.6) is 0 Å². The molecule has 1 aromatic heterocycles. The number of oxime groups is 1. The van der Waals surface area contributed by atoms with Crippen molar-refractivity contribution in [3.8, 4) is 0 Å². The van der Waals surface area contributed by atoms with Crippen LogP contribution in [0.1, 0.15) is 18.5 Å². The molecule has 1 saturated heterocycles. The Bertz CT molecular complexity index is 1000. The van der Waals surface area contributed by atoms with E-state index in [9.17, 15) is 24.4 Å². The third-order valence-electron chi connectivity index (χ3n) is 4.72. The van der Waals surface area contributed by atoms with Gasteiger partial charge in [0.25, 0.3) is 11.8 Å². The minimum absolute atomic E-state index is 0.0186. The van der Waals surface area contributed by atoms with Crippen LogP contribution in [0.4, 0.5) is 5.13 Å². The van der Waals surface area contributed by atoms with Crippen LogP contribution in [0.3, 0.4) is 0 Å². The van der Waals surface area contributed by atoms with Crippen LogP contribution in [0.25, 0.3) is 0 Å². The molecule has 0 spiro atoms. The summed E-state index contributed by atoms with van der Waals surface area (Å²) in [5, 5.41) is 15.7. The van der Waals surface area contributed by atoms with E-state index in [-0.39, 0.29) is 28.2 Å². The number of aromatic nitrogens is 1. The summed E-state index contributed by atoms with van der Waals surface area (Å²) in [7, 11) is 0. The molecule has 3 heterocycles. The van der Waals surface area contributed by atoms with Crippen molar-refractivity contribution < 1.29 is 33.9 Å². The molecule has 2 atom stereocenters. The number of thioether (sulfide) groups is 1. The minimum atomic E-state index is -0.936. The van der Waals surface area contributed by atoms with Crippen LogP contribution in [0.15, 0.2) is 22.3 Å². The zero-order chi connectivity index (χ0) is 22.1. The Morgan fingerprint density at radius 3 is 2.77 bits per heavy atom. The molecule has 2 aliphatic heterocycles. The van der Waals surface area contributed by atoms with Crippen molar-refractivity contribution in [3.63, 3.8) is 0 Å². The maximum absolute atomic E-state index is 12.6. The number of hydrogen-bond acceptors (Lipinski definition) is 12. The summed E-state index contributed by atoms with van der Waals surface area (Å²) >= 11 is 2.40. The van der Waals surface area contributed by atoms with Gasteiger partial charge in [-0.05, 0) is 18.9 Å². The van der Waals surface area contributed by atoms with Gasteiger partial charge in [-0.3, -0.25) is 19.3 Å². The number of thiazole rings is 1. The number of fused-ring (bicyclic) bond motifs is 1. The standard InChI is InChI=1S/C17H17N5O7S2/c18-17-19-8(5-31-17)10(21-27)12(23)20-11-13(24)22-9(3-4-30-14(11)22)16(26)29-6-28-15(25)7-1-2-7/h3,5,7,11,14,27H,1-2,4,6H2,(H2,18,19)(H,20,23)/t11?,14-/m1/s1. The highest BCUT2D eigenvalue weighted by Gasteiger charge is 2.53. The van der Waals surface area contributed by atoms with Gasteiger partial charge in [-0.25, -0.2) is 9.78 Å². The third-order valence-corrected chi connectivity index (χ3v) is 6.58. The Morgan fingerprint density at radius 2 is 2.13 bits per heavy atom. The molecule has 2 amide bonds. The van der Waals surface area contributed by atoms with Crippen LogP contribution < -0.4 is 11.1 Å². The number of nitrogens with one attached hydrogen (secondary N) is 1. The first-order chi connectivity index (χ1) is 14.9. The number of nitrogens with two attached hydrogens (primary N) is 1. The minimum Gasteiger partial charge on any atom is -0.428 e. The average Bonchev–Trinajstić information content (AvgIpc) is 3.53. The van der Waals surface area contributed by atoms with Gasteiger partial charge >= 0.3 is 11.9 Å². The van der Waals surface area contributed by atoms with Crippen LogP contribution in [0.2, 0.25) is 0 Å². The number of β-lactam (4-membered cyclic amide) rings is 1. The van der Waals surface area contributed by atoms with E-state index in [1.165, 1.54) is 28.1 Å². The number of ether oxygens (including phenoxy) is 2. The van der Waals surface area contributed by atoms with Crippen LogP contribution in [-0.2, 0) is 28.7 Å². The van der Waals surface area contributed by atoms with Crippen LogP contribution in [0, 0.1) is 5.92 Å². The van der Waals surface area contributed by atoms with Gasteiger partial charge in [0.05, 0.1) is 5.92 Å². The molecule has 0 bridgehead atoms. The summed E-state index contributed by atoms with van der Waals surface area (Å²) in [5.41, 5.74) is 5.24. The fourth-order valence-corrected chi connectivity index (χ4v) is 4.74. The normalized spacial score (nSPS) is 22.7. The quantitative estimate of drug-likeness (QED) is 0.120. The topological polar surface area (TPSA) is 174 Å². The van der Waals surface area contributed by atoms with Gasteiger partial charge < -0.3 is 25.7 Å². The van der Waals surface area contributed by atoms with Gasteiger partial charge in [0.1, 0.15) is 22.8 Å². The number of rotatable bonds is 7. The first-order valence-electron chi connectivity index (χ1n) is 9.13. The summed E-state index contributed by atoms with van der Waals surface area (Å²) in [5.74, 6) is -2.28. The van der Waals surface area contributed by atoms with E-state index in [0.29, 0.717) is 5.75 Å². The SMILES string of the molecule is Nc1nc(C(=NO)C(=O)NC2C(=O)N3C(C(=O)OCOC(=O)C4CC4)=CCS[C@H]23)cs1. The first-order valence-corrected chi connectivity index (χ1v) is 11.1. The molecule has 14 heteroatoms. The third kappa shape index (κ3) is 4.20. The monoisotopic (exact) mass is 467 g/mol. The molecule has 3 aliphatic rings. The van der Waals surface area contributed by atoms with Crippen molar-refractivity contribution in [1.29, 1.82) is 0 Å². The lowest BCUT2D eigenvalue weighted by Crippen LogP contribution is -2.70. The smallest absolute Gasteiger partial charge is 0.357 e. The van der Waals surface area contributed by atoms with Gasteiger partial charge in [-0.2, -0.15) is 0 Å². The summed E-state index contributed by atoms with van der Waals surface area (Å²) < 4.78 is 9.82. The Kier molecular flexibility index (Phi) is 5.82. The Labute approximate surface area is 183 Å². The zero-order valence-corrected chi connectivity index (χ0v) is 17.5. The van der Waals surface area contributed by atoms with Gasteiger partial charge in [-0.15, -0.1) is 23.1 Å². The van der Waals surface area contributed by atoms with Crippen molar-refractivity contribution in [1.82, 2.24) is 15.2 Å². The molecule has 1 aromatic rings. The molecule has 4 rings (SSSR count). The molecule has 1 aliphatic carbocycles. The predicted octanol–water partition coefficient (Wildman–Crippen LogP) is -0.359. The molecular weight excluding hydrogens is 450 g/mol. The maximum Gasteiger partial charge on any atom is 0.357 e. The number of nitrogen functional groups attached to an aromatic ring is 1. The zero-order valence-electron chi connectivity index (χ0n) is 15.8. The molecule has 0 radical (unpaired) electrons. The predicted molar refractivity (Wildman–Crippen MR) is 108 cm³/mol. The molecule has 1 saturated carbocycles. The van der Waals surface area contributed by atoms with Gasteiger partial charge in [0.15, 0.2) is 10.8 Å². The Balaban J connectivity index is 1.35.